The van der Waals surface area contributed by atoms with Crippen LogP contribution < -0.4 is 5.32 Å². The summed E-state index contributed by atoms with van der Waals surface area (Å²) in [5, 5.41) is 15.6. The highest BCUT2D eigenvalue weighted by molar-refractivity contribution is 6.10. The highest BCUT2D eigenvalue weighted by atomic mass is 19.1. The van der Waals surface area contributed by atoms with Crippen molar-refractivity contribution in [3.05, 3.63) is 64.1 Å². The highest BCUT2D eigenvalue weighted by Crippen LogP contribution is 2.34. The second-order valence-corrected chi connectivity index (χ2v) is 6.34. The van der Waals surface area contributed by atoms with Gasteiger partial charge in [0, 0.05) is 29.7 Å². The van der Waals surface area contributed by atoms with Gasteiger partial charge in [0.2, 0.25) is 0 Å². The van der Waals surface area contributed by atoms with Crippen LogP contribution in [0.4, 0.5) is 4.39 Å². The number of carbonyl (C=O) groups is 1. The van der Waals surface area contributed by atoms with Crippen molar-refractivity contribution in [3.8, 4) is 11.3 Å². The molecule has 0 saturated carbocycles. The molecule has 6 heteroatoms. The molecule has 0 fully saturated rings. The van der Waals surface area contributed by atoms with Crippen LogP contribution in [-0.4, -0.2) is 29.5 Å². The number of hydroxylamine groups is 2. The third-order valence-corrected chi connectivity index (χ3v) is 4.52. The Kier molecular flexibility index (Phi) is 3.78. The molecule has 1 amide bonds. The van der Waals surface area contributed by atoms with Gasteiger partial charge in [-0.05, 0) is 42.3 Å². The summed E-state index contributed by atoms with van der Waals surface area (Å²) in [6, 6.07) is 10.4. The fourth-order valence-electron chi connectivity index (χ4n) is 3.47. The molecule has 2 aromatic carbocycles. The first-order chi connectivity index (χ1) is 12.0. The van der Waals surface area contributed by atoms with Crippen LogP contribution in [0.15, 0.2) is 36.4 Å². The first-order valence-corrected chi connectivity index (χ1v) is 8.13. The van der Waals surface area contributed by atoms with Gasteiger partial charge >= 0.3 is 0 Å². The first kappa shape index (κ1) is 15.8. The van der Waals surface area contributed by atoms with E-state index in [0.29, 0.717) is 30.6 Å². The van der Waals surface area contributed by atoms with E-state index in [1.807, 2.05) is 24.3 Å². The Bertz CT molecular complexity index is 961. The minimum atomic E-state index is -0.437. The average Bonchev–Trinajstić information content (AvgIpc) is 2.83. The molecule has 0 unspecified atom stereocenters. The van der Waals surface area contributed by atoms with Gasteiger partial charge in [0.15, 0.2) is 0 Å². The lowest BCUT2D eigenvalue weighted by Crippen LogP contribution is -2.23. The molecule has 0 saturated heterocycles. The molecule has 0 atom stereocenters. The summed E-state index contributed by atoms with van der Waals surface area (Å²) in [4.78, 5) is 15.5. The molecule has 1 aromatic heterocycles. The van der Waals surface area contributed by atoms with Crippen molar-refractivity contribution in [2.24, 2.45) is 0 Å². The molecule has 5 nitrogen and oxygen atoms in total. The third-order valence-electron chi connectivity index (χ3n) is 4.52. The van der Waals surface area contributed by atoms with E-state index in [4.69, 9.17) is 0 Å². The fourth-order valence-corrected chi connectivity index (χ4v) is 3.47. The van der Waals surface area contributed by atoms with Crippen molar-refractivity contribution in [1.82, 2.24) is 15.4 Å². The van der Waals surface area contributed by atoms with E-state index in [9.17, 15) is 14.4 Å². The zero-order valence-corrected chi connectivity index (χ0v) is 13.7. The van der Waals surface area contributed by atoms with Gasteiger partial charge in [0.1, 0.15) is 5.82 Å². The fraction of sp³-hybridized carbons (Fsp3) is 0.211. The lowest BCUT2D eigenvalue weighted by Gasteiger charge is -2.21. The Morgan fingerprint density at radius 1 is 1.24 bits per heavy atom. The molecule has 1 aliphatic heterocycles. The Labute approximate surface area is 144 Å². The summed E-state index contributed by atoms with van der Waals surface area (Å²) in [6.45, 7) is 0.835. The molecule has 0 radical (unpaired) electrons. The number of rotatable bonds is 3. The number of aromatic amines is 1. The van der Waals surface area contributed by atoms with Crippen molar-refractivity contribution in [1.29, 1.82) is 0 Å². The predicted molar refractivity (Wildman–Crippen MR) is 94.6 cm³/mol. The van der Waals surface area contributed by atoms with E-state index in [2.05, 4.69) is 10.3 Å². The van der Waals surface area contributed by atoms with Crippen molar-refractivity contribution in [2.45, 2.75) is 13.0 Å². The minimum absolute atomic E-state index is 0.248. The quantitative estimate of drug-likeness (QED) is 0.721. The second kappa shape index (κ2) is 5.98. The molecule has 4 rings (SSSR count). The topological polar surface area (TPSA) is 71.2 Å². The number of carbonyl (C=O) groups excluding carboxylic acids is 1. The van der Waals surface area contributed by atoms with Gasteiger partial charge in [0.05, 0.1) is 5.56 Å². The maximum absolute atomic E-state index is 13.9. The smallest absolute Gasteiger partial charge is 0.252 e. The van der Waals surface area contributed by atoms with Gasteiger partial charge in [-0.1, -0.05) is 24.3 Å². The van der Waals surface area contributed by atoms with Gasteiger partial charge in [-0.15, -0.1) is 0 Å². The second-order valence-electron chi connectivity index (χ2n) is 6.34. The summed E-state index contributed by atoms with van der Waals surface area (Å²) in [5.41, 5.74) is 4.77. The predicted octanol–water partition coefficient (Wildman–Crippen LogP) is 3.19. The molecule has 0 spiro atoms. The van der Waals surface area contributed by atoms with Crippen LogP contribution >= 0.6 is 0 Å². The number of hydrogen-bond acceptors (Lipinski definition) is 3. The van der Waals surface area contributed by atoms with Gasteiger partial charge in [-0.3, -0.25) is 4.79 Å². The van der Waals surface area contributed by atoms with Crippen LogP contribution in [0.25, 0.3) is 22.2 Å². The maximum atomic E-state index is 13.9. The maximum Gasteiger partial charge on any atom is 0.252 e. The van der Waals surface area contributed by atoms with E-state index in [-0.39, 0.29) is 5.91 Å². The Morgan fingerprint density at radius 3 is 2.72 bits per heavy atom. The van der Waals surface area contributed by atoms with E-state index in [1.54, 1.807) is 0 Å². The molecule has 128 valence electrons. The van der Waals surface area contributed by atoms with Crippen LogP contribution in [0.1, 0.15) is 21.5 Å². The molecular formula is C19H17FN3O2-. The largest absolute Gasteiger partial charge is 0.785 e. The molecule has 0 bridgehead atoms. The number of benzene rings is 2. The summed E-state index contributed by atoms with van der Waals surface area (Å²) in [6.07, 6.45) is 0.671. The first-order valence-electron chi connectivity index (χ1n) is 8.13. The SMILES string of the molecule is CN([O-])Cc1ccc(-c2[nH]c3cc(F)cc4c3c2CCNC4=O)cc1. The normalized spacial score (nSPS) is 14.0. The Balaban J connectivity index is 1.86. The Hall–Kier alpha value is -2.70. The summed E-state index contributed by atoms with van der Waals surface area (Å²) < 4.78 is 13.9. The monoisotopic (exact) mass is 338 g/mol. The molecule has 25 heavy (non-hydrogen) atoms. The van der Waals surface area contributed by atoms with E-state index in [1.165, 1.54) is 19.2 Å². The highest BCUT2D eigenvalue weighted by Gasteiger charge is 2.23. The van der Waals surface area contributed by atoms with E-state index < -0.39 is 5.82 Å². The minimum Gasteiger partial charge on any atom is -0.785 e. The van der Waals surface area contributed by atoms with Crippen LogP contribution in [-0.2, 0) is 13.0 Å². The lowest BCUT2D eigenvalue weighted by atomic mass is 9.99. The zero-order valence-electron chi connectivity index (χ0n) is 13.7. The number of H-pyrrole nitrogens is 1. The Morgan fingerprint density at radius 2 is 2.00 bits per heavy atom. The number of aromatic nitrogens is 1. The number of nitrogens with one attached hydrogen (secondary N) is 2. The average molecular weight is 338 g/mol. The van der Waals surface area contributed by atoms with Crippen LogP contribution in [0.5, 0.6) is 0 Å². The standard InChI is InChI=1S/C19H17FN3O2/c1-23(25)10-11-2-4-12(5-3-11)18-14-6-7-21-19(24)15-8-13(20)9-16(22-18)17(14)15/h2-5,8-9,22H,6-7,10H2,1H3,(H,21,24)/q-1. The molecule has 1 aliphatic rings. The summed E-state index contributed by atoms with van der Waals surface area (Å²) in [5.74, 6) is -0.685. The number of nitrogens with zero attached hydrogens (tertiary/aromatic N) is 1. The van der Waals surface area contributed by atoms with Crippen LogP contribution in [0, 0.1) is 11.0 Å². The number of halogens is 1. The van der Waals surface area contributed by atoms with Crippen molar-refractivity contribution in [3.63, 3.8) is 0 Å². The molecule has 0 aliphatic carbocycles. The summed E-state index contributed by atoms with van der Waals surface area (Å²) >= 11 is 0. The number of amides is 1. The summed E-state index contributed by atoms with van der Waals surface area (Å²) in [7, 11) is 1.49. The molecule has 2 N–H and O–H groups in total. The van der Waals surface area contributed by atoms with Gasteiger partial charge < -0.3 is 20.6 Å². The lowest BCUT2D eigenvalue weighted by molar-refractivity contribution is 0.0957. The van der Waals surface area contributed by atoms with Crippen LogP contribution in [0.3, 0.4) is 0 Å². The van der Waals surface area contributed by atoms with Crippen LogP contribution in [0.2, 0.25) is 0 Å². The van der Waals surface area contributed by atoms with Crippen molar-refractivity contribution < 1.29 is 9.18 Å². The van der Waals surface area contributed by atoms with E-state index in [0.717, 1.165) is 32.8 Å². The number of hydrogen-bond donors (Lipinski definition) is 2. The van der Waals surface area contributed by atoms with Crippen molar-refractivity contribution in [2.75, 3.05) is 13.6 Å². The van der Waals surface area contributed by atoms with Gasteiger partial charge in [-0.25, -0.2) is 4.39 Å². The van der Waals surface area contributed by atoms with Gasteiger partial charge in [0.25, 0.3) is 5.91 Å². The molecule has 2 heterocycles. The third kappa shape index (κ3) is 2.79. The molecular weight excluding hydrogens is 321 g/mol. The van der Waals surface area contributed by atoms with Gasteiger partial charge in [-0.2, -0.15) is 0 Å². The van der Waals surface area contributed by atoms with E-state index >= 15 is 0 Å². The molecule has 3 aromatic rings. The zero-order chi connectivity index (χ0) is 17.6. The van der Waals surface area contributed by atoms with Crippen molar-refractivity contribution >= 4 is 16.8 Å².